The molecule has 0 unspecified atom stereocenters. The molecule has 7 heteroatoms. The number of nitrogens with one attached hydrogen (secondary N) is 1. The molecule has 2 saturated carbocycles. The number of hydrogen-bond donors (Lipinski definition) is 1. The Hall–Kier alpha value is -1.89. The molecule has 2 aromatic rings. The van der Waals surface area contributed by atoms with Crippen molar-refractivity contribution < 1.29 is 13.6 Å². The summed E-state index contributed by atoms with van der Waals surface area (Å²) in [7, 11) is 0. The summed E-state index contributed by atoms with van der Waals surface area (Å²) in [6.07, 6.45) is 5.23. The lowest BCUT2D eigenvalue weighted by atomic mass is 9.84. The van der Waals surface area contributed by atoms with Gasteiger partial charge in [0.05, 0.1) is 10.8 Å². The first-order valence-electron chi connectivity index (χ1n) is 9.56. The zero-order valence-electron chi connectivity index (χ0n) is 15.5. The van der Waals surface area contributed by atoms with Crippen LogP contribution in [0.2, 0.25) is 0 Å². The molecule has 5 atom stereocenters. The van der Waals surface area contributed by atoms with Gasteiger partial charge in [-0.1, -0.05) is 30.3 Å². The van der Waals surface area contributed by atoms with Crippen LogP contribution in [0.1, 0.15) is 39.5 Å². The predicted molar refractivity (Wildman–Crippen MR) is 102 cm³/mol. The lowest BCUT2D eigenvalue weighted by Crippen LogP contribution is -2.43. The van der Waals surface area contributed by atoms with Crippen molar-refractivity contribution in [1.82, 2.24) is 15.5 Å². The van der Waals surface area contributed by atoms with Crippen molar-refractivity contribution in [1.29, 1.82) is 0 Å². The smallest absolute Gasteiger partial charge is 0.277 e. The van der Waals surface area contributed by atoms with Gasteiger partial charge in [-0.05, 0) is 63.0 Å². The van der Waals surface area contributed by atoms with Gasteiger partial charge in [-0.2, -0.15) is 0 Å². The van der Waals surface area contributed by atoms with Crippen LogP contribution in [-0.4, -0.2) is 27.4 Å². The molecular weight excluding hydrogens is 365 g/mol. The molecule has 2 bridgehead atoms. The quantitative estimate of drug-likeness (QED) is 0.746. The first-order chi connectivity index (χ1) is 13.0. The molecule has 5 nitrogen and oxygen atoms in total. The van der Waals surface area contributed by atoms with Crippen LogP contribution < -0.4 is 5.32 Å². The number of halogens is 1. The fourth-order valence-electron chi connectivity index (χ4n) is 4.56. The monoisotopic (exact) mass is 389 g/mol. The predicted octanol–water partition coefficient (Wildman–Crippen LogP) is 4.30. The van der Waals surface area contributed by atoms with E-state index in [0.29, 0.717) is 5.92 Å². The Morgan fingerprint density at radius 2 is 2.07 bits per heavy atom. The number of thioether (sulfide) groups is 1. The fraction of sp³-hybridized carbons (Fsp3) is 0.550. The van der Waals surface area contributed by atoms with E-state index in [2.05, 4.69) is 22.4 Å². The van der Waals surface area contributed by atoms with Crippen molar-refractivity contribution in [2.24, 2.45) is 17.8 Å². The Morgan fingerprint density at radius 1 is 1.26 bits per heavy atom. The van der Waals surface area contributed by atoms with Gasteiger partial charge in [-0.3, -0.25) is 4.79 Å². The second-order valence-electron chi connectivity index (χ2n) is 7.75. The van der Waals surface area contributed by atoms with Crippen molar-refractivity contribution in [2.75, 3.05) is 0 Å². The highest BCUT2D eigenvalue weighted by Crippen LogP contribution is 2.49. The van der Waals surface area contributed by atoms with Crippen LogP contribution in [0, 0.1) is 23.6 Å². The maximum atomic E-state index is 13.8. The largest absolute Gasteiger partial charge is 0.411 e. The summed E-state index contributed by atoms with van der Waals surface area (Å²) in [6.45, 7) is 3.93. The van der Waals surface area contributed by atoms with E-state index in [1.807, 2.05) is 6.92 Å². The number of benzene rings is 1. The third kappa shape index (κ3) is 3.88. The minimum atomic E-state index is -0.414. The molecule has 0 radical (unpaired) electrons. The number of carbonyl (C=O) groups is 1. The maximum Gasteiger partial charge on any atom is 0.277 e. The van der Waals surface area contributed by atoms with E-state index in [1.165, 1.54) is 43.5 Å². The topological polar surface area (TPSA) is 68.0 Å². The minimum Gasteiger partial charge on any atom is -0.411 e. The summed E-state index contributed by atoms with van der Waals surface area (Å²) < 4.78 is 19.4. The molecule has 2 fully saturated rings. The van der Waals surface area contributed by atoms with Gasteiger partial charge in [-0.25, -0.2) is 4.39 Å². The van der Waals surface area contributed by atoms with E-state index >= 15 is 0 Å². The van der Waals surface area contributed by atoms with Gasteiger partial charge in [0.1, 0.15) is 5.82 Å². The molecule has 0 saturated heterocycles. The van der Waals surface area contributed by atoms with Gasteiger partial charge in [0.25, 0.3) is 11.1 Å². The molecule has 1 N–H and O–H groups in total. The zero-order valence-corrected chi connectivity index (χ0v) is 16.3. The van der Waals surface area contributed by atoms with Crippen molar-refractivity contribution in [3.8, 4) is 11.5 Å². The summed E-state index contributed by atoms with van der Waals surface area (Å²) in [5.41, 5.74) is 0.263. The zero-order chi connectivity index (χ0) is 19.0. The normalized spacial score (nSPS) is 26.1. The van der Waals surface area contributed by atoms with E-state index < -0.39 is 5.82 Å². The van der Waals surface area contributed by atoms with Crippen LogP contribution in [0.4, 0.5) is 4.39 Å². The molecule has 1 heterocycles. The average Bonchev–Trinajstić information content (AvgIpc) is 3.38. The number of hydrogen-bond acceptors (Lipinski definition) is 5. The third-order valence-corrected chi connectivity index (χ3v) is 6.90. The summed E-state index contributed by atoms with van der Waals surface area (Å²) in [6, 6.07) is 6.44. The molecule has 0 spiro atoms. The Balaban J connectivity index is 1.34. The van der Waals surface area contributed by atoms with Gasteiger partial charge in [-0.15, -0.1) is 10.2 Å². The second kappa shape index (κ2) is 7.62. The minimum absolute atomic E-state index is 0.0269. The number of rotatable bonds is 6. The van der Waals surface area contributed by atoms with E-state index in [1.54, 1.807) is 18.2 Å². The van der Waals surface area contributed by atoms with Crippen LogP contribution in [0.15, 0.2) is 33.9 Å². The van der Waals surface area contributed by atoms with E-state index in [0.717, 1.165) is 11.8 Å². The number of nitrogens with zero attached hydrogens (tertiary/aromatic N) is 2. The van der Waals surface area contributed by atoms with Crippen molar-refractivity contribution in [2.45, 2.75) is 56.0 Å². The molecule has 27 heavy (non-hydrogen) atoms. The van der Waals surface area contributed by atoms with E-state index in [-0.39, 0.29) is 33.9 Å². The third-order valence-electron chi connectivity index (χ3n) is 5.96. The maximum absolute atomic E-state index is 13.8. The standard InChI is InChI=1S/C20H24FN3O2S/c1-11(16-10-13-7-8-14(16)9-13)22-18(25)12(2)27-20-24-23-19(26-20)15-5-3-4-6-17(15)21/h3-6,11-14,16H,7-10H2,1-2H3,(H,22,25)/t11-,12+,13+,14+,16+/m1/s1. The van der Waals surface area contributed by atoms with E-state index in [4.69, 9.17) is 4.42 Å². The highest BCUT2D eigenvalue weighted by atomic mass is 32.2. The SMILES string of the molecule is C[C@H](Sc1nnc(-c2ccccc2F)o1)C(=O)N[C@H](C)[C@@H]1C[C@H]2CC[C@H]1C2. The summed E-state index contributed by atoms with van der Waals surface area (Å²) in [5, 5.41) is 10.9. The Bertz CT molecular complexity index is 827. The van der Waals surface area contributed by atoms with Gasteiger partial charge in [0.2, 0.25) is 5.91 Å². The van der Waals surface area contributed by atoms with Crippen molar-refractivity contribution >= 4 is 17.7 Å². The Labute approximate surface area is 162 Å². The van der Waals surface area contributed by atoms with Gasteiger partial charge in [0.15, 0.2) is 0 Å². The number of amides is 1. The molecule has 2 aliphatic carbocycles. The van der Waals surface area contributed by atoms with Gasteiger partial charge in [0, 0.05) is 6.04 Å². The van der Waals surface area contributed by atoms with E-state index in [9.17, 15) is 9.18 Å². The highest BCUT2D eigenvalue weighted by Gasteiger charge is 2.42. The second-order valence-corrected chi connectivity index (χ2v) is 9.04. The fourth-order valence-corrected chi connectivity index (χ4v) is 5.25. The van der Waals surface area contributed by atoms with Crippen LogP contribution in [-0.2, 0) is 4.79 Å². The number of carbonyl (C=O) groups excluding carboxylic acids is 1. The molecule has 4 rings (SSSR count). The molecule has 1 aromatic heterocycles. The lowest BCUT2D eigenvalue weighted by molar-refractivity contribution is -0.121. The highest BCUT2D eigenvalue weighted by molar-refractivity contribution is 8.00. The number of aromatic nitrogens is 2. The van der Waals surface area contributed by atoms with Crippen LogP contribution >= 0.6 is 11.8 Å². The van der Waals surface area contributed by atoms with Crippen LogP contribution in [0.3, 0.4) is 0 Å². The van der Waals surface area contributed by atoms with Crippen LogP contribution in [0.25, 0.3) is 11.5 Å². The van der Waals surface area contributed by atoms with Gasteiger partial charge >= 0.3 is 0 Å². The molecular formula is C20H24FN3O2S. The molecule has 0 aliphatic heterocycles. The molecule has 1 aromatic carbocycles. The van der Waals surface area contributed by atoms with Crippen molar-refractivity contribution in [3.05, 3.63) is 30.1 Å². The Kier molecular flexibility index (Phi) is 5.21. The molecule has 2 aliphatic rings. The lowest BCUT2D eigenvalue weighted by Gasteiger charge is -2.29. The molecule has 144 valence electrons. The first-order valence-corrected chi connectivity index (χ1v) is 10.4. The summed E-state index contributed by atoms with van der Waals surface area (Å²) in [5.74, 6) is 1.91. The summed E-state index contributed by atoms with van der Waals surface area (Å²) in [4.78, 5) is 12.6. The average molecular weight is 389 g/mol. The first kappa shape index (κ1) is 18.5. The Morgan fingerprint density at radius 3 is 2.78 bits per heavy atom. The summed E-state index contributed by atoms with van der Waals surface area (Å²) >= 11 is 1.20. The van der Waals surface area contributed by atoms with Crippen molar-refractivity contribution in [3.63, 3.8) is 0 Å². The molecule has 1 amide bonds. The van der Waals surface area contributed by atoms with Crippen LogP contribution in [0.5, 0.6) is 0 Å². The van der Waals surface area contributed by atoms with Gasteiger partial charge < -0.3 is 9.73 Å². The number of fused-ring (bicyclic) bond motifs is 2.